The Morgan fingerprint density at radius 1 is 1.10 bits per heavy atom. The molecule has 1 aliphatic heterocycles. The van der Waals surface area contributed by atoms with Crippen molar-refractivity contribution in [3.63, 3.8) is 0 Å². The van der Waals surface area contributed by atoms with E-state index in [0.29, 0.717) is 5.84 Å². The number of nitrogens with two attached hydrogens (primary N) is 2. The molecule has 106 valence electrons. The Hall–Kier alpha value is -2.66. The molecule has 2 aromatic rings. The zero-order valence-corrected chi connectivity index (χ0v) is 11.5. The van der Waals surface area contributed by atoms with Crippen LogP contribution in [0.1, 0.15) is 16.7 Å². The third kappa shape index (κ3) is 2.93. The van der Waals surface area contributed by atoms with Crippen LogP contribution in [0, 0.1) is 0 Å². The average molecular weight is 279 g/mol. The monoisotopic (exact) mass is 279 g/mol. The predicted octanol–water partition coefficient (Wildman–Crippen LogP) is 1.22. The van der Waals surface area contributed by atoms with Gasteiger partial charge in [-0.3, -0.25) is 10.7 Å². The van der Waals surface area contributed by atoms with Gasteiger partial charge in [0.1, 0.15) is 5.84 Å². The molecule has 1 unspecified atom stereocenters. The lowest BCUT2D eigenvalue weighted by molar-refractivity contribution is 0.410. The largest absolute Gasteiger partial charge is 0.384 e. The van der Waals surface area contributed by atoms with Crippen LogP contribution >= 0.6 is 0 Å². The summed E-state index contributed by atoms with van der Waals surface area (Å²) in [7, 11) is 0. The van der Waals surface area contributed by atoms with Gasteiger partial charge in [0.15, 0.2) is 0 Å². The fraction of sp³-hybridized carbons (Fsp3) is 0.125. The molecule has 1 atom stereocenters. The molecule has 0 bridgehead atoms. The zero-order valence-electron chi connectivity index (χ0n) is 11.5. The first-order valence-corrected chi connectivity index (χ1v) is 6.72. The van der Waals surface area contributed by atoms with E-state index in [9.17, 15) is 0 Å². The Bertz CT molecular complexity index is 676. The van der Waals surface area contributed by atoms with Crippen molar-refractivity contribution in [3.05, 3.63) is 77.8 Å². The minimum absolute atomic E-state index is 0.413. The van der Waals surface area contributed by atoms with Crippen molar-refractivity contribution in [2.75, 3.05) is 0 Å². The number of aliphatic imine (C=N–C) groups is 1. The number of pyridine rings is 1. The fourth-order valence-electron chi connectivity index (χ4n) is 2.29. The van der Waals surface area contributed by atoms with Gasteiger partial charge >= 0.3 is 0 Å². The highest BCUT2D eigenvalue weighted by Gasteiger charge is 2.26. The third-order valence-electron chi connectivity index (χ3n) is 3.39. The highest BCUT2D eigenvalue weighted by Crippen LogP contribution is 2.20. The Morgan fingerprint density at radius 2 is 1.90 bits per heavy atom. The Labute approximate surface area is 123 Å². The standard InChI is InChI=1S/C16H17N5/c17-15-7-9-20-16(18,21-15)14-5-3-12(4-6-14)10-13-2-1-8-19-11-13/h1-9,11,20H,10,18H2,(H2,17,21). The summed E-state index contributed by atoms with van der Waals surface area (Å²) in [4.78, 5) is 8.38. The first kappa shape index (κ1) is 13.3. The summed E-state index contributed by atoms with van der Waals surface area (Å²) in [5, 5.41) is 3.03. The molecule has 0 spiro atoms. The summed E-state index contributed by atoms with van der Waals surface area (Å²) < 4.78 is 0. The number of benzene rings is 1. The van der Waals surface area contributed by atoms with Gasteiger partial charge in [0.2, 0.25) is 5.79 Å². The van der Waals surface area contributed by atoms with Crippen molar-refractivity contribution in [1.82, 2.24) is 10.3 Å². The van der Waals surface area contributed by atoms with Crippen LogP contribution in [0.3, 0.4) is 0 Å². The molecule has 1 aromatic heterocycles. The molecule has 1 aromatic carbocycles. The molecular weight excluding hydrogens is 262 g/mol. The molecule has 2 heterocycles. The molecule has 5 nitrogen and oxygen atoms in total. The number of hydrogen-bond acceptors (Lipinski definition) is 5. The fourth-order valence-corrected chi connectivity index (χ4v) is 2.29. The lowest BCUT2D eigenvalue weighted by Crippen LogP contribution is -2.49. The maximum atomic E-state index is 6.23. The van der Waals surface area contributed by atoms with Crippen molar-refractivity contribution < 1.29 is 0 Å². The molecule has 0 saturated heterocycles. The van der Waals surface area contributed by atoms with Gasteiger partial charge in [0.05, 0.1) is 0 Å². The van der Waals surface area contributed by atoms with E-state index in [1.807, 2.05) is 36.5 Å². The van der Waals surface area contributed by atoms with E-state index in [4.69, 9.17) is 11.5 Å². The van der Waals surface area contributed by atoms with Gasteiger partial charge in [0, 0.05) is 24.2 Å². The summed E-state index contributed by atoms with van der Waals surface area (Å²) in [6.07, 6.45) is 7.88. The van der Waals surface area contributed by atoms with Crippen LogP contribution in [-0.4, -0.2) is 10.8 Å². The SMILES string of the molecule is NC1=NC(N)(c2ccc(Cc3cccnc3)cc2)NC=C1. The first-order valence-electron chi connectivity index (χ1n) is 6.72. The van der Waals surface area contributed by atoms with Crippen LogP contribution in [-0.2, 0) is 12.2 Å². The molecule has 5 heteroatoms. The van der Waals surface area contributed by atoms with Crippen LogP contribution < -0.4 is 16.8 Å². The molecule has 1 aliphatic rings. The average Bonchev–Trinajstić information content (AvgIpc) is 2.49. The summed E-state index contributed by atoms with van der Waals surface area (Å²) in [5.74, 6) is -0.582. The Kier molecular flexibility index (Phi) is 3.41. The minimum Gasteiger partial charge on any atom is -0.384 e. The van der Waals surface area contributed by atoms with Gasteiger partial charge in [-0.05, 0) is 29.7 Å². The van der Waals surface area contributed by atoms with E-state index in [1.54, 1.807) is 18.5 Å². The predicted molar refractivity (Wildman–Crippen MR) is 83.2 cm³/mol. The van der Waals surface area contributed by atoms with Crippen molar-refractivity contribution in [2.45, 2.75) is 12.2 Å². The highest BCUT2D eigenvalue weighted by molar-refractivity contribution is 5.92. The van der Waals surface area contributed by atoms with Crippen molar-refractivity contribution in [3.8, 4) is 0 Å². The van der Waals surface area contributed by atoms with Gasteiger partial charge < -0.3 is 11.1 Å². The second-order valence-electron chi connectivity index (χ2n) is 5.02. The highest BCUT2D eigenvalue weighted by atomic mass is 15.3. The van der Waals surface area contributed by atoms with E-state index in [0.717, 1.165) is 12.0 Å². The molecule has 0 saturated carbocycles. The molecule has 3 rings (SSSR count). The van der Waals surface area contributed by atoms with Crippen molar-refractivity contribution in [2.24, 2.45) is 16.5 Å². The van der Waals surface area contributed by atoms with Crippen LogP contribution in [0.4, 0.5) is 0 Å². The number of hydrogen-bond donors (Lipinski definition) is 3. The zero-order chi connectivity index (χ0) is 14.7. The van der Waals surface area contributed by atoms with E-state index in [-0.39, 0.29) is 0 Å². The van der Waals surface area contributed by atoms with Crippen LogP contribution in [0.5, 0.6) is 0 Å². The molecule has 0 radical (unpaired) electrons. The van der Waals surface area contributed by atoms with Crippen molar-refractivity contribution >= 4 is 5.84 Å². The van der Waals surface area contributed by atoms with Crippen LogP contribution in [0.15, 0.2) is 66.1 Å². The Balaban J connectivity index is 1.80. The molecule has 0 aliphatic carbocycles. The molecular formula is C16H17N5. The summed E-state index contributed by atoms with van der Waals surface area (Å²) >= 11 is 0. The number of nitrogens with one attached hydrogen (secondary N) is 1. The second-order valence-corrected chi connectivity index (χ2v) is 5.02. The number of aromatic nitrogens is 1. The maximum Gasteiger partial charge on any atom is 0.211 e. The van der Waals surface area contributed by atoms with Gasteiger partial charge in [0.25, 0.3) is 0 Å². The third-order valence-corrected chi connectivity index (χ3v) is 3.39. The van der Waals surface area contributed by atoms with Gasteiger partial charge in [-0.25, -0.2) is 4.99 Å². The lowest BCUT2D eigenvalue weighted by atomic mass is 10.0. The number of rotatable bonds is 3. The number of amidine groups is 1. The van der Waals surface area contributed by atoms with Crippen LogP contribution in [0.25, 0.3) is 0 Å². The van der Waals surface area contributed by atoms with E-state index >= 15 is 0 Å². The molecule has 5 N–H and O–H groups in total. The van der Waals surface area contributed by atoms with E-state index < -0.39 is 5.79 Å². The Morgan fingerprint density at radius 3 is 2.57 bits per heavy atom. The van der Waals surface area contributed by atoms with Crippen molar-refractivity contribution in [1.29, 1.82) is 0 Å². The summed E-state index contributed by atoms with van der Waals surface area (Å²) in [5.41, 5.74) is 15.2. The molecule has 0 fully saturated rings. The number of nitrogens with zero attached hydrogens (tertiary/aromatic N) is 2. The summed E-state index contributed by atoms with van der Waals surface area (Å²) in [6.45, 7) is 0. The van der Waals surface area contributed by atoms with E-state index in [2.05, 4.69) is 21.4 Å². The smallest absolute Gasteiger partial charge is 0.211 e. The molecule has 0 amide bonds. The lowest BCUT2D eigenvalue weighted by Gasteiger charge is -2.28. The van der Waals surface area contributed by atoms with E-state index in [1.165, 1.54) is 11.1 Å². The summed E-state index contributed by atoms with van der Waals surface area (Å²) in [6, 6.07) is 12.0. The van der Waals surface area contributed by atoms with Gasteiger partial charge in [-0.1, -0.05) is 30.3 Å². The minimum atomic E-state index is -0.994. The first-order chi connectivity index (χ1) is 10.2. The maximum absolute atomic E-state index is 6.23. The van der Waals surface area contributed by atoms with Gasteiger partial charge in [-0.2, -0.15) is 0 Å². The normalized spacial score (nSPS) is 20.7. The van der Waals surface area contributed by atoms with Crippen LogP contribution in [0.2, 0.25) is 0 Å². The quantitative estimate of drug-likeness (QED) is 0.788. The molecule has 21 heavy (non-hydrogen) atoms. The topological polar surface area (TPSA) is 89.3 Å². The second kappa shape index (κ2) is 5.38. The van der Waals surface area contributed by atoms with Gasteiger partial charge in [-0.15, -0.1) is 0 Å².